The molecule has 1 heterocycles. The molecule has 1 saturated heterocycles. The minimum absolute atomic E-state index is 0. The van der Waals surface area contributed by atoms with Gasteiger partial charge in [-0.3, -0.25) is 4.79 Å². The SMILES string of the molecule is CC(CN)C(=O)N1CCC(OCc2ccccc2)CC1.Cl. The zero-order chi connectivity index (χ0) is 14.4. The first-order valence-electron chi connectivity index (χ1n) is 7.35. The number of likely N-dealkylation sites (tertiary alicyclic amines) is 1. The quantitative estimate of drug-likeness (QED) is 0.907. The average molecular weight is 313 g/mol. The molecule has 2 N–H and O–H groups in total. The lowest BCUT2D eigenvalue weighted by atomic mass is 10.0. The standard InChI is InChI=1S/C16H24N2O2.ClH/c1-13(11-17)16(19)18-9-7-15(8-10-18)20-12-14-5-3-2-4-6-14;/h2-6,13,15H,7-12,17H2,1H3;1H. The topological polar surface area (TPSA) is 55.6 Å². The van der Waals surface area contributed by atoms with E-state index in [2.05, 4.69) is 12.1 Å². The van der Waals surface area contributed by atoms with Crippen LogP contribution in [0.25, 0.3) is 0 Å². The number of carbonyl (C=O) groups is 1. The zero-order valence-corrected chi connectivity index (χ0v) is 13.3. The minimum Gasteiger partial charge on any atom is -0.373 e. The molecule has 0 aliphatic carbocycles. The highest BCUT2D eigenvalue weighted by Gasteiger charge is 2.25. The van der Waals surface area contributed by atoms with Crippen LogP contribution >= 0.6 is 12.4 Å². The molecule has 0 aromatic heterocycles. The molecule has 0 bridgehead atoms. The second kappa shape index (κ2) is 9.03. The molecule has 0 radical (unpaired) electrons. The lowest BCUT2D eigenvalue weighted by Crippen LogP contribution is -2.44. The zero-order valence-electron chi connectivity index (χ0n) is 12.5. The van der Waals surface area contributed by atoms with E-state index in [1.165, 1.54) is 5.56 Å². The number of rotatable bonds is 5. The van der Waals surface area contributed by atoms with Crippen molar-refractivity contribution in [1.29, 1.82) is 0 Å². The molecule has 21 heavy (non-hydrogen) atoms. The Hall–Kier alpha value is -1.10. The molecule has 0 saturated carbocycles. The van der Waals surface area contributed by atoms with E-state index in [4.69, 9.17) is 10.5 Å². The summed E-state index contributed by atoms with van der Waals surface area (Å²) in [6, 6.07) is 10.2. The molecular weight excluding hydrogens is 288 g/mol. The Kier molecular flexibility index (Phi) is 7.72. The number of hydrogen-bond acceptors (Lipinski definition) is 3. The number of benzene rings is 1. The predicted octanol–water partition coefficient (Wildman–Crippen LogP) is 2.21. The Morgan fingerprint density at radius 2 is 1.95 bits per heavy atom. The van der Waals surface area contributed by atoms with Gasteiger partial charge in [-0.2, -0.15) is 0 Å². The summed E-state index contributed by atoms with van der Waals surface area (Å²) < 4.78 is 5.92. The van der Waals surface area contributed by atoms with Gasteiger partial charge in [0.15, 0.2) is 0 Å². The van der Waals surface area contributed by atoms with E-state index >= 15 is 0 Å². The first-order valence-corrected chi connectivity index (χ1v) is 7.35. The Balaban J connectivity index is 0.00000220. The fourth-order valence-electron chi connectivity index (χ4n) is 2.44. The van der Waals surface area contributed by atoms with Gasteiger partial charge in [-0.15, -0.1) is 12.4 Å². The molecule has 1 fully saturated rings. The van der Waals surface area contributed by atoms with Gasteiger partial charge in [0.05, 0.1) is 12.7 Å². The number of nitrogens with zero attached hydrogens (tertiary/aromatic N) is 1. The highest BCUT2D eigenvalue weighted by molar-refractivity contribution is 5.85. The van der Waals surface area contributed by atoms with E-state index in [0.29, 0.717) is 13.2 Å². The number of amides is 1. The highest BCUT2D eigenvalue weighted by Crippen LogP contribution is 2.17. The van der Waals surface area contributed by atoms with Crippen LogP contribution in [-0.4, -0.2) is 36.5 Å². The van der Waals surface area contributed by atoms with E-state index in [1.54, 1.807) is 0 Å². The molecule has 4 nitrogen and oxygen atoms in total. The van der Waals surface area contributed by atoms with Crippen LogP contribution < -0.4 is 5.73 Å². The molecule has 1 atom stereocenters. The lowest BCUT2D eigenvalue weighted by molar-refractivity contribution is -0.137. The van der Waals surface area contributed by atoms with E-state index in [1.807, 2.05) is 30.0 Å². The number of carbonyl (C=O) groups excluding carboxylic acids is 1. The summed E-state index contributed by atoms with van der Waals surface area (Å²) in [5, 5.41) is 0. The van der Waals surface area contributed by atoms with Crippen LogP contribution in [0.5, 0.6) is 0 Å². The van der Waals surface area contributed by atoms with Crippen LogP contribution in [-0.2, 0) is 16.1 Å². The van der Waals surface area contributed by atoms with Crippen LogP contribution in [0.4, 0.5) is 0 Å². The van der Waals surface area contributed by atoms with Crippen molar-refractivity contribution in [3.8, 4) is 0 Å². The Labute approximate surface area is 133 Å². The van der Waals surface area contributed by atoms with E-state index in [9.17, 15) is 4.79 Å². The maximum absolute atomic E-state index is 12.0. The molecular formula is C16H25ClN2O2. The van der Waals surface area contributed by atoms with Crippen molar-refractivity contribution in [2.45, 2.75) is 32.5 Å². The smallest absolute Gasteiger partial charge is 0.226 e. The number of ether oxygens (including phenoxy) is 1. The van der Waals surface area contributed by atoms with Crippen molar-refractivity contribution in [3.05, 3.63) is 35.9 Å². The number of hydrogen-bond donors (Lipinski definition) is 1. The molecule has 1 aromatic rings. The molecule has 2 rings (SSSR count). The van der Waals surface area contributed by atoms with Gasteiger partial charge in [0.1, 0.15) is 0 Å². The first-order chi connectivity index (χ1) is 9.70. The van der Waals surface area contributed by atoms with Gasteiger partial charge in [-0.05, 0) is 18.4 Å². The molecule has 1 unspecified atom stereocenters. The van der Waals surface area contributed by atoms with Crippen molar-refractivity contribution in [2.75, 3.05) is 19.6 Å². The molecule has 1 aliphatic rings. The molecule has 118 valence electrons. The summed E-state index contributed by atoms with van der Waals surface area (Å²) in [5.41, 5.74) is 6.74. The molecule has 1 amide bonds. The summed E-state index contributed by atoms with van der Waals surface area (Å²) in [5.74, 6) is 0.103. The molecule has 1 aliphatic heterocycles. The normalized spacial score (nSPS) is 17.1. The molecule has 0 spiro atoms. The lowest BCUT2D eigenvalue weighted by Gasteiger charge is -2.33. The monoisotopic (exact) mass is 312 g/mol. The van der Waals surface area contributed by atoms with Gasteiger partial charge in [0.2, 0.25) is 5.91 Å². The largest absolute Gasteiger partial charge is 0.373 e. The van der Waals surface area contributed by atoms with Gasteiger partial charge >= 0.3 is 0 Å². The number of halogens is 1. The number of nitrogens with two attached hydrogens (primary N) is 1. The van der Waals surface area contributed by atoms with Crippen LogP contribution in [0.3, 0.4) is 0 Å². The van der Waals surface area contributed by atoms with Gasteiger partial charge in [0.25, 0.3) is 0 Å². The van der Waals surface area contributed by atoms with Crippen molar-refractivity contribution in [2.24, 2.45) is 11.7 Å². The van der Waals surface area contributed by atoms with Crippen molar-refractivity contribution >= 4 is 18.3 Å². The summed E-state index contributed by atoms with van der Waals surface area (Å²) in [7, 11) is 0. The van der Waals surface area contributed by atoms with E-state index in [0.717, 1.165) is 25.9 Å². The summed E-state index contributed by atoms with van der Waals surface area (Å²) in [4.78, 5) is 13.9. The molecule has 5 heteroatoms. The third-order valence-electron chi connectivity index (χ3n) is 3.86. The van der Waals surface area contributed by atoms with E-state index < -0.39 is 0 Å². The van der Waals surface area contributed by atoms with Gasteiger partial charge in [0, 0.05) is 25.6 Å². The van der Waals surface area contributed by atoms with Crippen molar-refractivity contribution < 1.29 is 9.53 Å². The highest BCUT2D eigenvalue weighted by atomic mass is 35.5. The van der Waals surface area contributed by atoms with E-state index in [-0.39, 0.29) is 30.3 Å². The molecule has 1 aromatic carbocycles. The van der Waals surface area contributed by atoms with Crippen molar-refractivity contribution in [1.82, 2.24) is 4.90 Å². The van der Waals surface area contributed by atoms with Crippen molar-refractivity contribution in [3.63, 3.8) is 0 Å². The predicted molar refractivity (Wildman–Crippen MR) is 86.3 cm³/mol. The van der Waals surface area contributed by atoms with Gasteiger partial charge < -0.3 is 15.4 Å². The summed E-state index contributed by atoms with van der Waals surface area (Å²) >= 11 is 0. The minimum atomic E-state index is -0.0724. The van der Waals surface area contributed by atoms with Crippen LogP contribution in [0.1, 0.15) is 25.3 Å². The van der Waals surface area contributed by atoms with Crippen LogP contribution in [0.2, 0.25) is 0 Å². The fourth-order valence-corrected chi connectivity index (χ4v) is 2.44. The maximum atomic E-state index is 12.0. The first kappa shape index (κ1) is 18.0. The number of piperidine rings is 1. The summed E-state index contributed by atoms with van der Waals surface area (Å²) in [6.07, 6.45) is 2.08. The van der Waals surface area contributed by atoms with Crippen LogP contribution in [0, 0.1) is 5.92 Å². The summed E-state index contributed by atoms with van der Waals surface area (Å²) in [6.45, 7) is 4.52. The Morgan fingerprint density at radius 1 is 1.33 bits per heavy atom. The Bertz CT molecular complexity index is 420. The Morgan fingerprint density at radius 3 is 2.52 bits per heavy atom. The average Bonchev–Trinajstić information content (AvgIpc) is 2.53. The van der Waals surface area contributed by atoms with Gasteiger partial charge in [-0.1, -0.05) is 37.3 Å². The second-order valence-electron chi connectivity index (χ2n) is 5.46. The van der Waals surface area contributed by atoms with Crippen LogP contribution in [0.15, 0.2) is 30.3 Å². The third kappa shape index (κ3) is 5.30. The maximum Gasteiger partial charge on any atom is 0.226 e. The second-order valence-corrected chi connectivity index (χ2v) is 5.46. The fraction of sp³-hybridized carbons (Fsp3) is 0.562. The third-order valence-corrected chi connectivity index (χ3v) is 3.86. The van der Waals surface area contributed by atoms with Gasteiger partial charge in [-0.25, -0.2) is 0 Å².